The van der Waals surface area contributed by atoms with Crippen LogP contribution in [0.5, 0.6) is 0 Å². The zero-order valence-corrected chi connectivity index (χ0v) is 10.3. The molecule has 2 saturated carbocycles. The van der Waals surface area contributed by atoms with E-state index in [0.717, 1.165) is 28.2 Å². The molecule has 2 fully saturated rings. The van der Waals surface area contributed by atoms with Crippen LogP contribution in [0, 0.1) is 17.8 Å². The van der Waals surface area contributed by atoms with Crippen LogP contribution in [-0.2, 0) is 0 Å². The van der Waals surface area contributed by atoms with Gasteiger partial charge in [0.05, 0.1) is 6.10 Å². The third-order valence-electron chi connectivity index (χ3n) is 4.86. The maximum atomic E-state index is 10.6. The van der Waals surface area contributed by atoms with E-state index < -0.39 is 0 Å². The van der Waals surface area contributed by atoms with Gasteiger partial charge in [-0.05, 0) is 36.0 Å². The Kier molecular flexibility index (Phi) is 2.21. The molecule has 1 aromatic carbocycles. The number of hydrogen-bond acceptors (Lipinski definition) is 2. The maximum Gasteiger partial charge on any atom is 0.0844 e. The van der Waals surface area contributed by atoms with Gasteiger partial charge in [-0.25, -0.2) is 0 Å². The first-order chi connectivity index (χ1) is 8.86. The third-order valence-corrected chi connectivity index (χ3v) is 4.86. The molecule has 2 aromatic rings. The van der Waals surface area contributed by atoms with Crippen molar-refractivity contribution in [3.05, 3.63) is 42.2 Å². The minimum atomic E-state index is -0.320. The van der Waals surface area contributed by atoms with Gasteiger partial charge in [0.15, 0.2) is 0 Å². The summed E-state index contributed by atoms with van der Waals surface area (Å²) < 4.78 is 0. The first-order valence-corrected chi connectivity index (χ1v) is 6.87. The smallest absolute Gasteiger partial charge is 0.0844 e. The van der Waals surface area contributed by atoms with Crippen LogP contribution in [0.3, 0.4) is 0 Å². The van der Waals surface area contributed by atoms with Crippen LogP contribution in [0.25, 0.3) is 10.8 Å². The Morgan fingerprint density at radius 3 is 2.72 bits per heavy atom. The number of aromatic nitrogens is 1. The molecule has 2 aliphatic carbocycles. The molecule has 3 atom stereocenters. The summed E-state index contributed by atoms with van der Waals surface area (Å²) in [6.45, 7) is 0. The number of rotatable bonds is 2. The molecule has 0 amide bonds. The van der Waals surface area contributed by atoms with E-state index in [9.17, 15) is 5.11 Å². The van der Waals surface area contributed by atoms with E-state index in [1.54, 1.807) is 0 Å². The summed E-state index contributed by atoms with van der Waals surface area (Å²) in [5.74, 6) is 2.05. The van der Waals surface area contributed by atoms with Gasteiger partial charge in [-0.2, -0.15) is 0 Å². The second kappa shape index (κ2) is 3.79. The minimum absolute atomic E-state index is 0.320. The van der Waals surface area contributed by atoms with Crippen molar-refractivity contribution in [3.8, 4) is 0 Å². The second-order valence-corrected chi connectivity index (χ2v) is 5.73. The predicted molar refractivity (Wildman–Crippen MR) is 71.0 cm³/mol. The molecule has 2 nitrogen and oxygen atoms in total. The summed E-state index contributed by atoms with van der Waals surface area (Å²) in [7, 11) is 0. The largest absolute Gasteiger partial charge is 0.388 e. The quantitative estimate of drug-likeness (QED) is 0.872. The van der Waals surface area contributed by atoms with Gasteiger partial charge in [-0.1, -0.05) is 30.7 Å². The zero-order valence-electron chi connectivity index (χ0n) is 10.3. The highest BCUT2D eigenvalue weighted by Gasteiger charge is 2.56. The number of hydrogen-bond donors (Lipinski definition) is 1. The lowest BCUT2D eigenvalue weighted by molar-refractivity contribution is 0.138. The summed E-state index contributed by atoms with van der Waals surface area (Å²) in [6.07, 6.45) is 7.38. The van der Waals surface area contributed by atoms with Gasteiger partial charge >= 0.3 is 0 Å². The number of aliphatic hydroxyl groups excluding tert-OH is 1. The highest BCUT2D eigenvalue weighted by atomic mass is 16.3. The SMILES string of the molecule is OC(c1cncc2ccccc12)C1C2CCCC21. The monoisotopic (exact) mass is 239 g/mol. The fourth-order valence-electron chi connectivity index (χ4n) is 3.93. The molecule has 2 aliphatic rings. The minimum Gasteiger partial charge on any atom is -0.388 e. The van der Waals surface area contributed by atoms with Crippen LogP contribution in [0.15, 0.2) is 36.7 Å². The van der Waals surface area contributed by atoms with Gasteiger partial charge in [0, 0.05) is 23.3 Å². The van der Waals surface area contributed by atoms with Crippen LogP contribution in [-0.4, -0.2) is 10.1 Å². The first kappa shape index (κ1) is 10.5. The van der Waals surface area contributed by atoms with Crippen molar-refractivity contribution in [3.63, 3.8) is 0 Å². The van der Waals surface area contributed by atoms with Gasteiger partial charge in [-0.3, -0.25) is 4.98 Å². The molecule has 18 heavy (non-hydrogen) atoms. The fraction of sp³-hybridized carbons (Fsp3) is 0.438. The number of fused-ring (bicyclic) bond motifs is 2. The second-order valence-electron chi connectivity index (χ2n) is 5.73. The Balaban J connectivity index is 1.74. The lowest BCUT2D eigenvalue weighted by Crippen LogP contribution is -2.05. The molecular weight excluding hydrogens is 222 g/mol. The summed E-state index contributed by atoms with van der Waals surface area (Å²) in [5.41, 5.74) is 1.02. The van der Waals surface area contributed by atoms with Gasteiger partial charge < -0.3 is 5.11 Å². The third kappa shape index (κ3) is 1.42. The first-order valence-electron chi connectivity index (χ1n) is 6.87. The molecule has 1 N–H and O–H groups in total. The van der Waals surface area contributed by atoms with E-state index in [1.807, 2.05) is 24.5 Å². The summed E-state index contributed by atoms with van der Waals surface area (Å²) >= 11 is 0. The Labute approximate surface area is 107 Å². The molecule has 92 valence electrons. The Hall–Kier alpha value is -1.41. The Morgan fingerprint density at radius 2 is 1.89 bits per heavy atom. The predicted octanol–water partition coefficient (Wildman–Crippen LogP) is 3.31. The standard InChI is InChI=1S/C16H17NO/c18-16(15-12-6-3-7-13(12)15)14-9-17-8-10-4-1-2-5-11(10)14/h1-2,4-5,8-9,12-13,15-16,18H,3,6-7H2. The normalized spacial score (nSPS) is 31.3. The van der Waals surface area contributed by atoms with Crippen LogP contribution in [0.1, 0.15) is 30.9 Å². The molecule has 3 unspecified atom stereocenters. The molecule has 0 spiro atoms. The van der Waals surface area contributed by atoms with Crippen molar-refractivity contribution in [2.45, 2.75) is 25.4 Å². The van der Waals surface area contributed by atoms with Gasteiger partial charge in [0.1, 0.15) is 0 Å². The number of aliphatic hydroxyl groups is 1. The van der Waals surface area contributed by atoms with E-state index in [0.29, 0.717) is 5.92 Å². The average Bonchev–Trinajstić information content (AvgIpc) is 2.90. The molecule has 4 rings (SSSR count). The lowest BCUT2D eigenvalue weighted by Gasteiger charge is -2.15. The van der Waals surface area contributed by atoms with Crippen LogP contribution in [0.4, 0.5) is 0 Å². The van der Waals surface area contributed by atoms with Crippen LogP contribution in [0.2, 0.25) is 0 Å². The van der Waals surface area contributed by atoms with Crippen molar-refractivity contribution in [2.24, 2.45) is 17.8 Å². The fourth-order valence-corrected chi connectivity index (χ4v) is 3.93. The van der Waals surface area contributed by atoms with Gasteiger partial charge in [0.25, 0.3) is 0 Å². The van der Waals surface area contributed by atoms with Gasteiger partial charge in [0.2, 0.25) is 0 Å². The number of pyridine rings is 1. The summed E-state index contributed by atoms with van der Waals surface area (Å²) in [5, 5.41) is 12.9. The van der Waals surface area contributed by atoms with E-state index in [1.165, 1.54) is 19.3 Å². The van der Waals surface area contributed by atoms with E-state index in [2.05, 4.69) is 17.1 Å². The Morgan fingerprint density at radius 1 is 1.11 bits per heavy atom. The van der Waals surface area contributed by atoms with E-state index in [-0.39, 0.29) is 6.10 Å². The Bertz CT molecular complexity index is 579. The van der Waals surface area contributed by atoms with Crippen molar-refractivity contribution in [1.29, 1.82) is 0 Å². The van der Waals surface area contributed by atoms with Crippen LogP contribution < -0.4 is 0 Å². The van der Waals surface area contributed by atoms with Gasteiger partial charge in [-0.15, -0.1) is 0 Å². The lowest BCUT2D eigenvalue weighted by atomic mass is 9.97. The molecule has 1 aromatic heterocycles. The topological polar surface area (TPSA) is 33.1 Å². The van der Waals surface area contributed by atoms with Crippen molar-refractivity contribution >= 4 is 10.8 Å². The molecule has 0 aliphatic heterocycles. The molecule has 1 heterocycles. The van der Waals surface area contributed by atoms with Crippen molar-refractivity contribution < 1.29 is 5.11 Å². The maximum absolute atomic E-state index is 10.6. The number of benzene rings is 1. The molecule has 0 saturated heterocycles. The van der Waals surface area contributed by atoms with E-state index >= 15 is 0 Å². The average molecular weight is 239 g/mol. The molecule has 2 heteroatoms. The highest BCUT2D eigenvalue weighted by molar-refractivity contribution is 5.85. The molecular formula is C16H17NO. The molecule has 0 bridgehead atoms. The zero-order chi connectivity index (χ0) is 12.1. The highest BCUT2D eigenvalue weighted by Crippen LogP contribution is 2.62. The van der Waals surface area contributed by atoms with Crippen LogP contribution >= 0.6 is 0 Å². The molecule has 0 radical (unpaired) electrons. The number of nitrogens with zero attached hydrogens (tertiary/aromatic N) is 1. The van der Waals surface area contributed by atoms with E-state index in [4.69, 9.17) is 0 Å². The van der Waals surface area contributed by atoms with Crippen molar-refractivity contribution in [2.75, 3.05) is 0 Å². The van der Waals surface area contributed by atoms with Crippen molar-refractivity contribution in [1.82, 2.24) is 4.98 Å². The summed E-state index contributed by atoms with van der Waals surface area (Å²) in [4.78, 5) is 4.28. The summed E-state index contributed by atoms with van der Waals surface area (Å²) in [6, 6.07) is 8.21.